The number of piperidine rings is 1. The van der Waals surface area contributed by atoms with Crippen molar-refractivity contribution in [1.29, 1.82) is 0 Å². The molecule has 1 N–H and O–H groups in total. The van der Waals surface area contributed by atoms with Crippen molar-refractivity contribution in [1.82, 2.24) is 24.8 Å². The molecule has 9 nitrogen and oxygen atoms in total. The van der Waals surface area contributed by atoms with Gasteiger partial charge in [-0.1, -0.05) is 0 Å². The largest absolute Gasteiger partial charge is 0.377 e. The molecule has 0 aromatic carbocycles. The van der Waals surface area contributed by atoms with Gasteiger partial charge in [0.25, 0.3) is 0 Å². The van der Waals surface area contributed by atoms with E-state index in [1.54, 1.807) is 0 Å². The van der Waals surface area contributed by atoms with Crippen LogP contribution < -0.4 is 9.80 Å². The fourth-order valence-electron chi connectivity index (χ4n) is 4.50. The molecule has 0 amide bonds. The van der Waals surface area contributed by atoms with Crippen molar-refractivity contribution in [3.05, 3.63) is 24.5 Å². The van der Waals surface area contributed by atoms with Crippen LogP contribution in [0.15, 0.2) is 24.5 Å². The van der Waals surface area contributed by atoms with Gasteiger partial charge in [0.1, 0.15) is 11.6 Å². The molecule has 146 valence electrons. The molecule has 0 spiro atoms. The highest BCUT2D eigenvalue weighted by Gasteiger charge is 2.39. The lowest BCUT2D eigenvalue weighted by molar-refractivity contribution is -0.133. The monoisotopic (exact) mass is 381 g/mol. The quantitative estimate of drug-likeness (QED) is 0.733. The highest BCUT2D eigenvalue weighted by atomic mass is 16.5. The maximum Gasteiger partial charge on any atom is 0.169 e. The van der Waals surface area contributed by atoms with Crippen LogP contribution in [0.2, 0.25) is 0 Å². The van der Waals surface area contributed by atoms with Crippen molar-refractivity contribution in [2.45, 2.75) is 31.6 Å². The number of rotatable bonds is 3. The molecule has 7 rings (SSSR count). The molecule has 7 heterocycles. The van der Waals surface area contributed by atoms with E-state index in [9.17, 15) is 0 Å². The number of fused-ring (bicyclic) bond motifs is 3. The maximum absolute atomic E-state index is 5.82. The zero-order valence-corrected chi connectivity index (χ0v) is 15.8. The van der Waals surface area contributed by atoms with Crippen LogP contribution in [0.3, 0.4) is 0 Å². The summed E-state index contributed by atoms with van der Waals surface area (Å²) in [6.07, 6.45) is 5.50. The Morgan fingerprint density at radius 3 is 2.86 bits per heavy atom. The van der Waals surface area contributed by atoms with Gasteiger partial charge in [-0.2, -0.15) is 14.7 Å². The van der Waals surface area contributed by atoms with Crippen LogP contribution in [0.5, 0.6) is 0 Å². The number of hydrogen-bond acceptors (Lipinski definition) is 7. The van der Waals surface area contributed by atoms with Crippen LogP contribution in [-0.2, 0) is 9.47 Å². The highest BCUT2D eigenvalue weighted by Crippen LogP contribution is 2.34. The number of aromatic amines is 1. The summed E-state index contributed by atoms with van der Waals surface area (Å²) in [7, 11) is 0. The van der Waals surface area contributed by atoms with E-state index in [1.165, 1.54) is 0 Å². The second-order valence-electron chi connectivity index (χ2n) is 7.86. The summed E-state index contributed by atoms with van der Waals surface area (Å²) in [5, 5.41) is 11.9. The molecular weight excluding hydrogens is 358 g/mol. The van der Waals surface area contributed by atoms with Gasteiger partial charge >= 0.3 is 0 Å². The lowest BCUT2D eigenvalue weighted by Gasteiger charge is -2.47. The number of aromatic nitrogens is 5. The summed E-state index contributed by atoms with van der Waals surface area (Å²) in [4.78, 5) is 9.72. The predicted octanol–water partition coefficient (Wildman–Crippen LogP) is 1.32. The smallest absolute Gasteiger partial charge is 0.169 e. The molecule has 4 saturated heterocycles. The molecule has 4 aliphatic rings. The van der Waals surface area contributed by atoms with Crippen molar-refractivity contribution in [2.75, 3.05) is 42.6 Å². The fraction of sp³-hybridized carbons (Fsp3) is 0.526. The Hall–Kier alpha value is -2.65. The standard InChI is InChI=1S/C19H23N7O2/c1-12-11-27-5-4-25(12)18-7-17(24-9-13-6-14(10-24)28-13)22-19-15(8-21-26(18)19)16-2-3-20-23-16/h2-3,7-8,12-14H,4-6,9-11H2,1H3,(H,20,23). The summed E-state index contributed by atoms with van der Waals surface area (Å²) >= 11 is 0. The summed E-state index contributed by atoms with van der Waals surface area (Å²) in [6.45, 7) is 6.25. The third-order valence-corrected chi connectivity index (χ3v) is 5.96. The molecule has 28 heavy (non-hydrogen) atoms. The number of nitrogens with one attached hydrogen (secondary N) is 1. The van der Waals surface area contributed by atoms with E-state index < -0.39 is 0 Å². The SMILES string of the molecule is CC1COCCN1c1cc(N2CC3CC(C2)O3)nc2c(-c3cc[nH]n3)cnn12. The van der Waals surface area contributed by atoms with E-state index in [0.29, 0.717) is 18.8 Å². The van der Waals surface area contributed by atoms with Gasteiger partial charge in [-0.3, -0.25) is 5.10 Å². The van der Waals surface area contributed by atoms with Gasteiger partial charge in [0.05, 0.1) is 48.9 Å². The number of H-pyrrole nitrogens is 1. The van der Waals surface area contributed by atoms with Crippen molar-refractivity contribution >= 4 is 17.3 Å². The summed E-state index contributed by atoms with van der Waals surface area (Å²) < 4.78 is 13.4. The first-order chi connectivity index (χ1) is 13.8. The number of hydrogen-bond donors (Lipinski definition) is 1. The number of morpholine rings is 2. The first-order valence-corrected chi connectivity index (χ1v) is 9.90. The summed E-state index contributed by atoms with van der Waals surface area (Å²) in [6, 6.07) is 4.40. The Labute approximate surface area is 162 Å². The van der Waals surface area contributed by atoms with Crippen molar-refractivity contribution in [3.8, 4) is 11.3 Å². The second kappa shape index (κ2) is 6.18. The minimum absolute atomic E-state index is 0.281. The Kier molecular flexibility index (Phi) is 3.60. The van der Waals surface area contributed by atoms with Crippen molar-refractivity contribution < 1.29 is 9.47 Å². The number of anilines is 2. The third-order valence-electron chi connectivity index (χ3n) is 5.96. The van der Waals surface area contributed by atoms with Crippen LogP contribution in [0, 0.1) is 0 Å². The molecule has 0 radical (unpaired) electrons. The summed E-state index contributed by atoms with van der Waals surface area (Å²) in [5.41, 5.74) is 2.62. The lowest BCUT2D eigenvalue weighted by Crippen LogP contribution is -2.57. The van der Waals surface area contributed by atoms with E-state index >= 15 is 0 Å². The first-order valence-electron chi connectivity index (χ1n) is 9.90. The number of ether oxygens (including phenoxy) is 2. The Balaban J connectivity index is 1.50. The molecule has 3 aromatic rings. The van der Waals surface area contributed by atoms with Crippen LogP contribution in [-0.4, -0.2) is 75.9 Å². The Morgan fingerprint density at radius 2 is 2.11 bits per heavy atom. The van der Waals surface area contributed by atoms with Gasteiger partial charge in [0.15, 0.2) is 5.65 Å². The Bertz CT molecular complexity index is 985. The maximum atomic E-state index is 5.82. The zero-order chi connectivity index (χ0) is 18.7. The summed E-state index contributed by atoms with van der Waals surface area (Å²) in [5.74, 6) is 2.04. The van der Waals surface area contributed by atoms with E-state index in [2.05, 4.69) is 38.1 Å². The van der Waals surface area contributed by atoms with Gasteiger partial charge in [0, 0.05) is 38.3 Å². The van der Waals surface area contributed by atoms with E-state index in [-0.39, 0.29) is 6.04 Å². The second-order valence-corrected chi connectivity index (χ2v) is 7.86. The molecule has 9 heteroatoms. The van der Waals surface area contributed by atoms with Gasteiger partial charge in [-0.15, -0.1) is 0 Å². The molecule has 0 saturated carbocycles. The molecule has 4 aliphatic heterocycles. The van der Waals surface area contributed by atoms with E-state index in [0.717, 1.165) is 61.2 Å². The zero-order valence-electron chi connectivity index (χ0n) is 15.8. The molecule has 4 fully saturated rings. The third kappa shape index (κ3) is 2.50. The van der Waals surface area contributed by atoms with Gasteiger partial charge in [0.2, 0.25) is 0 Å². The molecular formula is C19H23N7O2. The first kappa shape index (κ1) is 16.3. The topological polar surface area (TPSA) is 83.8 Å². The lowest BCUT2D eigenvalue weighted by atomic mass is 9.99. The highest BCUT2D eigenvalue weighted by molar-refractivity contribution is 5.77. The Morgan fingerprint density at radius 1 is 1.25 bits per heavy atom. The molecule has 0 aliphatic carbocycles. The number of nitrogens with zero attached hydrogens (tertiary/aromatic N) is 6. The average Bonchev–Trinajstić information content (AvgIpc) is 3.37. The van der Waals surface area contributed by atoms with Crippen LogP contribution >= 0.6 is 0 Å². The predicted molar refractivity (Wildman–Crippen MR) is 104 cm³/mol. The van der Waals surface area contributed by atoms with Gasteiger partial charge in [-0.05, 0) is 13.0 Å². The minimum atomic E-state index is 0.281. The van der Waals surface area contributed by atoms with Crippen molar-refractivity contribution in [3.63, 3.8) is 0 Å². The fourth-order valence-corrected chi connectivity index (χ4v) is 4.50. The van der Waals surface area contributed by atoms with Crippen LogP contribution in [0.25, 0.3) is 16.9 Å². The van der Waals surface area contributed by atoms with Crippen LogP contribution in [0.4, 0.5) is 11.6 Å². The molecule has 3 aromatic heterocycles. The minimum Gasteiger partial charge on any atom is -0.377 e. The van der Waals surface area contributed by atoms with Gasteiger partial charge < -0.3 is 19.3 Å². The molecule has 3 unspecified atom stereocenters. The molecule has 3 atom stereocenters. The molecule has 2 bridgehead atoms. The van der Waals surface area contributed by atoms with E-state index in [4.69, 9.17) is 14.5 Å². The average molecular weight is 381 g/mol. The van der Waals surface area contributed by atoms with Crippen LogP contribution in [0.1, 0.15) is 13.3 Å². The normalized spacial score (nSPS) is 27.2. The van der Waals surface area contributed by atoms with Crippen molar-refractivity contribution in [2.24, 2.45) is 0 Å². The van der Waals surface area contributed by atoms with E-state index in [1.807, 2.05) is 23.0 Å². The van der Waals surface area contributed by atoms with Gasteiger partial charge in [-0.25, -0.2) is 4.98 Å².